The van der Waals surface area contributed by atoms with E-state index >= 15 is 0 Å². The lowest BCUT2D eigenvalue weighted by Gasteiger charge is -2.27. The van der Waals surface area contributed by atoms with E-state index in [1.54, 1.807) is 0 Å². The Labute approximate surface area is 125 Å². The highest BCUT2D eigenvalue weighted by molar-refractivity contribution is 6.33. The van der Waals surface area contributed by atoms with Gasteiger partial charge in [-0.3, -0.25) is 0 Å². The Kier molecular flexibility index (Phi) is 4.37. The van der Waals surface area contributed by atoms with Crippen molar-refractivity contribution in [3.63, 3.8) is 0 Å². The van der Waals surface area contributed by atoms with E-state index in [1.165, 1.54) is 30.4 Å². The van der Waals surface area contributed by atoms with Crippen LogP contribution in [0.5, 0.6) is 11.5 Å². The summed E-state index contributed by atoms with van der Waals surface area (Å²) < 4.78 is 11.4. The lowest BCUT2D eigenvalue weighted by Crippen LogP contribution is -2.35. The van der Waals surface area contributed by atoms with Gasteiger partial charge in [-0.05, 0) is 49.4 Å². The number of rotatable bonds is 3. The van der Waals surface area contributed by atoms with Gasteiger partial charge in [0.05, 0.1) is 5.02 Å². The number of hydrogen-bond acceptors (Lipinski definition) is 3. The first kappa shape index (κ1) is 14.0. The second-order valence-corrected chi connectivity index (χ2v) is 5.93. The van der Waals surface area contributed by atoms with Crippen LogP contribution in [0.2, 0.25) is 5.02 Å². The maximum atomic E-state index is 6.52. The molecule has 0 bridgehead atoms. The summed E-state index contributed by atoms with van der Waals surface area (Å²) in [7, 11) is 0. The van der Waals surface area contributed by atoms with Crippen molar-refractivity contribution < 1.29 is 9.47 Å². The first-order chi connectivity index (χ1) is 9.79. The number of benzene rings is 1. The summed E-state index contributed by atoms with van der Waals surface area (Å²) in [5.41, 5.74) is 2.52. The van der Waals surface area contributed by atoms with Crippen LogP contribution in [-0.2, 0) is 12.8 Å². The van der Waals surface area contributed by atoms with Gasteiger partial charge in [-0.25, -0.2) is 0 Å². The van der Waals surface area contributed by atoms with E-state index in [1.807, 2.05) is 0 Å². The first-order valence-electron chi connectivity index (χ1n) is 7.62. The van der Waals surface area contributed by atoms with Crippen LogP contribution < -0.4 is 14.8 Å². The molecule has 110 valence electrons. The fourth-order valence-electron chi connectivity index (χ4n) is 3.16. The summed E-state index contributed by atoms with van der Waals surface area (Å²) in [5, 5.41) is 4.35. The smallest absolute Gasteiger partial charge is 0.180 e. The highest BCUT2D eigenvalue weighted by Gasteiger charge is 2.23. The zero-order chi connectivity index (χ0) is 13.9. The SMILES string of the molecule is CCc1c(CC2CCCCN2)cc2c(c1Cl)OCCO2. The molecule has 1 aromatic rings. The molecule has 2 aliphatic rings. The summed E-state index contributed by atoms with van der Waals surface area (Å²) in [6, 6.07) is 2.70. The molecule has 0 amide bonds. The fourth-order valence-corrected chi connectivity index (χ4v) is 3.56. The van der Waals surface area contributed by atoms with Gasteiger partial charge in [0.25, 0.3) is 0 Å². The van der Waals surface area contributed by atoms with Crippen molar-refractivity contribution in [2.45, 2.75) is 45.1 Å². The topological polar surface area (TPSA) is 30.5 Å². The maximum absolute atomic E-state index is 6.52. The summed E-state index contributed by atoms with van der Waals surface area (Å²) >= 11 is 6.52. The Morgan fingerprint density at radius 3 is 2.90 bits per heavy atom. The molecule has 1 atom stereocenters. The fraction of sp³-hybridized carbons (Fsp3) is 0.625. The molecular formula is C16H22ClNO2. The molecule has 4 heteroatoms. The van der Waals surface area contributed by atoms with E-state index in [0.29, 0.717) is 19.3 Å². The third-order valence-electron chi connectivity index (χ3n) is 4.20. The molecule has 20 heavy (non-hydrogen) atoms. The second-order valence-electron chi connectivity index (χ2n) is 5.56. The molecule has 2 heterocycles. The van der Waals surface area contributed by atoms with Crippen molar-refractivity contribution in [2.75, 3.05) is 19.8 Å². The molecule has 0 aromatic heterocycles. The molecule has 1 N–H and O–H groups in total. The number of fused-ring (bicyclic) bond motifs is 1. The monoisotopic (exact) mass is 295 g/mol. The minimum absolute atomic E-state index is 0.563. The summed E-state index contributed by atoms with van der Waals surface area (Å²) in [6.45, 7) is 4.47. The predicted octanol–water partition coefficient (Wildman–Crippen LogP) is 3.36. The third kappa shape index (κ3) is 2.75. The Morgan fingerprint density at radius 1 is 1.30 bits per heavy atom. The Hall–Kier alpha value is -0.930. The lowest BCUT2D eigenvalue weighted by molar-refractivity contribution is 0.171. The third-order valence-corrected chi connectivity index (χ3v) is 4.60. The van der Waals surface area contributed by atoms with Gasteiger partial charge in [0.2, 0.25) is 0 Å². The first-order valence-corrected chi connectivity index (χ1v) is 8.00. The number of nitrogens with one attached hydrogen (secondary N) is 1. The Bertz CT molecular complexity index is 484. The molecule has 0 radical (unpaired) electrons. The zero-order valence-electron chi connectivity index (χ0n) is 12.0. The zero-order valence-corrected chi connectivity index (χ0v) is 12.8. The standard InChI is InChI=1S/C16H22ClNO2/c1-2-13-11(9-12-5-3-4-6-18-12)10-14-16(15(13)17)20-8-7-19-14/h10,12,18H,2-9H2,1H3. The predicted molar refractivity (Wildman–Crippen MR) is 81.2 cm³/mol. The normalized spacial score (nSPS) is 21.8. The molecule has 1 unspecified atom stereocenters. The number of piperidine rings is 1. The van der Waals surface area contributed by atoms with Gasteiger partial charge >= 0.3 is 0 Å². The summed E-state index contributed by atoms with van der Waals surface area (Å²) in [6.07, 6.45) is 5.81. The summed E-state index contributed by atoms with van der Waals surface area (Å²) in [4.78, 5) is 0. The average molecular weight is 296 g/mol. The van der Waals surface area contributed by atoms with Crippen LogP contribution in [0.3, 0.4) is 0 Å². The van der Waals surface area contributed by atoms with E-state index < -0.39 is 0 Å². The van der Waals surface area contributed by atoms with Gasteiger partial charge in [0.15, 0.2) is 11.5 Å². The largest absolute Gasteiger partial charge is 0.486 e. The van der Waals surface area contributed by atoms with Gasteiger partial charge < -0.3 is 14.8 Å². The van der Waals surface area contributed by atoms with Crippen LogP contribution in [0.4, 0.5) is 0 Å². The van der Waals surface area contributed by atoms with Gasteiger partial charge in [-0.2, -0.15) is 0 Å². The van der Waals surface area contributed by atoms with Crippen molar-refractivity contribution in [3.8, 4) is 11.5 Å². The minimum atomic E-state index is 0.563. The molecule has 2 aliphatic heterocycles. The van der Waals surface area contributed by atoms with Gasteiger partial charge in [0, 0.05) is 6.04 Å². The van der Waals surface area contributed by atoms with E-state index in [2.05, 4.69) is 18.3 Å². The van der Waals surface area contributed by atoms with Gasteiger partial charge in [-0.1, -0.05) is 24.9 Å². The van der Waals surface area contributed by atoms with E-state index in [9.17, 15) is 0 Å². The van der Waals surface area contributed by atoms with Crippen molar-refractivity contribution >= 4 is 11.6 Å². The number of halogens is 1. The number of hydrogen-bond donors (Lipinski definition) is 1. The molecule has 3 nitrogen and oxygen atoms in total. The molecule has 1 saturated heterocycles. The molecule has 1 aromatic carbocycles. The van der Waals surface area contributed by atoms with Crippen LogP contribution in [0.15, 0.2) is 6.07 Å². The quantitative estimate of drug-likeness (QED) is 0.927. The van der Waals surface area contributed by atoms with Crippen LogP contribution >= 0.6 is 11.6 Å². The summed E-state index contributed by atoms with van der Waals surface area (Å²) in [5.74, 6) is 1.54. The highest BCUT2D eigenvalue weighted by Crippen LogP contribution is 2.42. The lowest BCUT2D eigenvalue weighted by atomic mass is 9.93. The molecule has 0 saturated carbocycles. The van der Waals surface area contributed by atoms with Gasteiger partial charge in [-0.15, -0.1) is 0 Å². The average Bonchev–Trinajstić information content (AvgIpc) is 2.49. The van der Waals surface area contributed by atoms with Crippen LogP contribution in [0.25, 0.3) is 0 Å². The highest BCUT2D eigenvalue weighted by atomic mass is 35.5. The molecule has 1 fully saturated rings. The second kappa shape index (κ2) is 6.23. The van der Waals surface area contributed by atoms with E-state index in [4.69, 9.17) is 21.1 Å². The Balaban J connectivity index is 1.90. The van der Waals surface area contributed by atoms with Crippen LogP contribution in [0, 0.1) is 0 Å². The van der Waals surface area contributed by atoms with Crippen LogP contribution in [-0.4, -0.2) is 25.8 Å². The molecular weight excluding hydrogens is 274 g/mol. The van der Waals surface area contributed by atoms with Crippen molar-refractivity contribution in [1.82, 2.24) is 5.32 Å². The minimum Gasteiger partial charge on any atom is -0.486 e. The van der Waals surface area contributed by atoms with E-state index in [-0.39, 0.29) is 0 Å². The molecule has 0 spiro atoms. The molecule has 0 aliphatic carbocycles. The van der Waals surface area contributed by atoms with Crippen molar-refractivity contribution in [3.05, 3.63) is 22.2 Å². The van der Waals surface area contributed by atoms with E-state index in [0.717, 1.165) is 35.9 Å². The van der Waals surface area contributed by atoms with Gasteiger partial charge in [0.1, 0.15) is 13.2 Å². The maximum Gasteiger partial charge on any atom is 0.180 e. The number of ether oxygens (including phenoxy) is 2. The molecule has 3 rings (SSSR count). The van der Waals surface area contributed by atoms with Crippen molar-refractivity contribution in [1.29, 1.82) is 0 Å². The van der Waals surface area contributed by atoms with Crippen molar-refractivity contribution in [2.24, 2.45) is 0 Å². The van der Waals surface area contributed by atoms with Crippen LogP contribution in [0.1, 0.15) is 37.3 Å². The Morgan fingerprint density at radius 2 is 2.15 bits per heavy atom.